The Bertz CT molecular complexity index is 614. The summed E-state index contributed by atoms with van der Waals surface area (Å²) >= 11 is 3.25. The molecule has 0 spiro atoms. The SMILES string of the molecule is CN(C)C(CNC(=O)c1cc(F)ccc1Br)c1ccco1. The Morgan fingerprint density at radius 1 is 1.43 bits per heavy atom. The van der Waals surface area contributed by atoms with E-state index in [1.165, 1.54) is 18.2 Å². The van der Waals surface area contributed by atoms with Crippen LogP contribution in [-0.4, -0.2) is 31.4 Å². The quantitative estimate of drug-likeness (QED) is 0.896. The fourth-order valence-corrected chi connectivity index (χ4v) is 2.40. The van der Waals surface area contributed by atoms with Gasteiger partial charge < -0.3 is 9.73 Å². The molecule has 1 amide bonds. The molecule has 1 unspecified atom stereocenters. The van der Waals surface area contributed by atoms with E-state index in [1.54, 1.807) is 12.3 Å². The van der Waals surface area contributed by atoms with Gasteiger partial charge in [0, 0.05) is 11.0 Å². The minimum Gasteiger partial charge on any atom is -0.468 e. The lowest BCUT2D eigenvalue weighted by Crippen LogP contribution is -2.34. The number of halogens is 2. The van der Waals surface area contributed by atoms with Crippen molar-refractivity contribution in [1.82, 2.24) is 10.2 Å². The molecule has 1 aromatic heterocycles. The third kappa shape index (κ3) is 3.92. The summed E-state index contributed by atoms with van der Waals surface area (Å²) in [4.78, 5) is 14.1. The Morgan fingerprint density at radius 3 is 2.81 bits per heavy atom. The van der Waals surface area contributed by atoms with Crippen LogP contribution in [0.5, 0.6) is 0 Å². The van der Waals surface area contributed by atoms with E-state index in [9.17, 15) is 9.18 Å². The summed E-state index contributed by atoms with van der Waals surface area (Å²) in [5.41, 5.74) is 0.270. The standard InChI is InChI=1S/C15H16BrFN2O2/c1-19(2)13(14-4-3-7-21-14)9-18-15(20)11-8-10(17)5-6-12(11)16/h3-8,13H,9H2,1-2H3,(H,18,20). The summed E-state index contributed by atoms with van der Waals surface area (Å²) in [7, 11) is 3.80. The molecule has 1 aromatic carbocycles. The average Bonchev–Trinajstić information content (AvgIpc) is 2.95. The summed E-state index contributed by atoms with van der Waals surface area (Å²) in [5, 5.41) is 2.80. The smallest absolute Gasteiger partial charge is 0.252 e. The molecule has 6 heteroatoms. The summed E-state index contributed by atoms with van der Waals surface area (Å²) in [6.07, 6.45) is 1.59. The van der Waals surface area contributed by atoms with Gasteiger partial charge in [0.05, 0.1) is 17.9 Å². The number of carbonyl (C=O) groups is 1. The van der Waals surface area contributed by atoms with Crippen LogP contribution in [0.15, 0.2) is 45.5 Å². The number of hydrogen-bond acceptors (Lipinski definition) is 3. The van der Waals surface area contributed by atoms with Gasteiger partial charge in [0.25, 0.3) is 5.91 Å². The lowest BCUT2D eigenvalue weighted by molar-refractivity contribution is 0.0938. The molecule has 2 rings (SSSR count). The Balaban J connectivity index is 2.07. The Morgan fingerprint density at radius 2 is 2.19 bits per heavy atom. The summed E-state index contributed by atoms with van der Waals surface area (Å²) in [6.45, 7) is 0.363. The molecule has 1 N–H and O–H groups in total. The molecule has 4 nitrogen and oxygen atoms in total. The van der Waals surface area contributed by atoms with Gasteiger partial charge in [-0.3, -0.25) is 9.69 Å². The van der Waals surface area contributed by atoms with Crippen LogP contribution in [0.4, 0.5) is 4.39 Å². The predicted molar refractivity (Wildman–Crippen MR) is 81.6 cm³/mol. The number of rotatable bonds is 5. The third-order valence-electron chi connectivity index (χ3n) is 3.12. The molecule has 1 atom stereocenters. The van der Waals surface area contributed by atoms with Crippen molar-refractivity contribution in [3.05, 3.63) is 58.2 Å². The third-order valence-corrected chi connectivity index (χ3v) is 3.82. The molecule has 0 bridgehead atoms. The topological polar surface area (TPSA) is 45.5 Å². The van der Waals surface area contributed by atoms with E-state index < -0.39 is 5.82 Å². The largest absolute Gasteiger partial charge is 0.468 e. The molecule has 0 aliphatic rings. The summed E-state index contributed by atoms with van der Waals surface area (Å²) < 4.78 is 19.2. The summed E-state index contributed by atoms with van der Waals surface area (Å²) in [5.74, 6) is -0.0167. The first-order valence-electron chi connectivity index (χ1n) is 6.42. The van der Waals surface area contributed by atoms with Gasteiger partial charge in [0.1, 0.15) is 11.6 Å². The molecule has 0 aliphatic carbocycles. The highest BCUT2D eigenvalue weighted by Gasteiger charge is 2.19. The molecule has 1 heterocycles. The highest BCUT2D eigenvalue weighted by Crippen LogP contribution is 2.20. The molecule has 21 heavy (non-hydrogen) atoms. The van der Waals surface area contributed by atoms with Crippen molar-refractivity contribution >= 4 is 21.8 Å². The molecule has 0 radical (unpaired) electrons. The lowest BCUT2D eigenvalue weighted by Gasteiger charge is -2.22. The molecule has 112 valence electrons. The van der Waals surface area contributed by atoms with Crippen molar-refractivity contribution in [1.29, 1.82) is 0 Å². The van der Waals surface area contributed by atoms with Crippen molar-refractivity contribution in [2.45, 2.75) is 6.04 Å². The fourth-order valence-electron chi connectivity index (χ4n) is 1.97. The van der Waals surface area contributed by atoms with E-state index in [2.05, 4.69) is 21.2 Å². The van der Waals surface area contributed by atoms with Crippen LogP contribution in [0, 0.1) is 5.82 Å². The maximum absolute atomic E-state index is 13.2. The zero-order valence-corrected chi connectivity index (χ0v) is 13.4. The lowest BCUT2D eigenvalue weighted by atomic mass is 10.1. The van der Waals surface area contributed by atoms with Gasteiger partial charge in [-0.15, -0.1) is 0 Å². The number of furan rings is 1. The predicted octanol–water partition coefficient (Wildman–Crippen LogP) is 3.21. The highest BCUT2D eigenvalue weighted by molar-refractivity contribution is 9.10. The molecule has 2 aromatic rings. The first kappa shape index (κ1) is 15.7. The van der Waals surface area contributed by atoms with Gasteiger partial charge in [-0.2, -0.15) is 0 Å². The number of likely N-dealkylation sites (N-methyl/N-ethyl adjacent to an activating group) is 1. The highest BCUT2D eigenvalue weighted by atomic mass is 79.9. The normalized spacial score (nSPS) is 12.4. The van der Waals surface area contributed by atoms with E-state index >= 15 is 0 Å². The van der Waals surface area contributed by atoms with E-state index in [1.807, 2.05) is 25.1 Å². The number of amides is 1. The number of nitrogens with zero attached hydrogens (tertiary/aromatic N) is 1. The summed E-state index contributed by atoms with van der Waals surface area (Å²) in [6, 6.07) is 7.59. The van der Waals surface area contributed by atoms with Crippen LogP contribution < -0.4 is 5.32 Å². The first-order valence-corrected chi connectivity index (χ1v) is 7.21. The average molecular weight is 355 g/mol. The maximum atomic E-state index is 13.2. The van der Waals surface area contributed by atoms with Gasteiger partial charge in [0.15, 0.2) is 0 Å². The zero-order chi connectivity index (χ0) is 15.4. The molecule has 0 aliphatic heterocycles. The minimum absolute atomic E-state index is 0.0868. The van der Waals surface area contributed by atoms with Gasteiger partial charge in [-0.05, 0) is 60.4 Å². The van der Waals surface area contributed by atoms with E-state index in [0.29, 0.717) is 11.0 Å². The van der Waals surface area contributed by atoms with Crippen LogP contribution in [-0.2, 0) is 0 Å². The van der Waals surface area contributed by atoms with Crippen molar-refractivity contribution < 1.29 is 13.6 Å². The Labute approximate surface area is 131 Å². The van der Waals surface area contributed by atoms with Crippen LogP contribution in [0.25, 0.3) is 0 Å². The van der Waals surface area contributed by atoms with E-state index in [-0.39, 0.29) is 17.5 Å². The van der Waals surface area contributed by atoms with Gasteiger partial charge >= 0.3 is 0 Å². The van der Waals surface area contributed by atoms with Crippen LogP contribution in [0.3, 0.4) is 0 Å². The Hall–Kier alpha value is -1.66. The monoisotopic (exact) mass is 354 g/mol. The second-order valence-electron chi connectivity index (χ2n) is 4.83. The van der Waals surface area contributed by atoms with Crippen LogP contribution in [0.2, 0.25) is 0 Å². The second-order valence-corrected chi connectivity index (χ2v) is 5.68. The minimum atomic E-state index is -0.446. The van der Waals surface area contributed by atoms with Gasteiger partial charge in [0.2, 0.25) is 0 Å². The van der Waals surface area contributed by atoms with E-state index in [4.69, 9.17) is 4.42 Å². The van der Waals surface area contributed by atoms with Gasteiger partial charge in [-0.1, -0.05) is 0 Å². The number of hydrogen-bond donors (Lipinski definition) is 1. The first-order chi connectivity index (χ1) is 9.99. The van der Waals surface area contributed by atoms with E-state index in [0.717, 1.165) is 5.76 Å². The fraction of sp³-hybridized carbons (Fsp3) is 0.267. The van der Waals surface area contributed by atoms with Crippen molar-refractivity contribution in [2.75, 3.05) is 20.6 Å². The molecule has 0 saturated carbocycles. The Kier molecular flexibility index (Phi) is 5.14. The van der Waals surface area contributed by atoms with Crippen LogP contribution >= 0.6 is 15.9 Å². The van der Waals surface area contributed by atoms with Crippen molar-refractivity contribution in [2.24, 2.45) is 0 Å². The van der Waals surface area contributed by atoms with Gasteiger partial charge in [-0.25, -0.2) is 4.39 Å². The molecular formula is C15H16BrFN2O2. The number of nitrogens with one attached hydrogen (secondary N) is 1. The maximum Gasteiger partial charge on any atom is 0.252 e. The zero-order valence-electron chi connectivity index (χ0n) is 11.8. The van der Waals surface area contributed by atoms with Crippen molar-refractivity contribution in [3.8, 4) is 0 Å². The molecular weight excluding hydrogens is 339 g/mol. The van der Waals surface area contributed by atoms with Crippen molar-refractivity contribution in [3.63, 3.8) is 0 Å². The molecule has 0 saturated heterocycles. The molecule has 0 fully saturated rings. The second kappa shape index (κ2) is 6.87. The number of benzene rings is 1. The number of carbonyl (C=O) groups excluding carboxylic acids is 1. The van der Waals surface area contributed by atoms with Crippen LogP contribution in [0.1, 0.15) is 22.2 Å².